The number of primary amides is 1. The highest BCUT2D eigenvalue weighted by atomic mass is 16.2. The van der Waals surface area contributed by atoms with E-state index in [0.29, 0.717) is 23.4 Å². The van der Waals surface area contributed by atoms with Crippen molar-refractivity contribution in [2.45, 2.75) is 6.54 Å². The molecule has 21 heavy (non-hydrogen) atoms. The summed E-state index contributed by atoms with van der Waals surface area (Å²) in [5.41, 5.74) is 13.3. The highest BCUT2D eigenvalue weighted by Crippen LogP contribution is 2.14. The topological polar surface area (TPSA) is 89.4 Å². The Morgan fingerprint density at radius 1 is 1.05 bits per heavy atom. The monoisotopic (exact) mass is 283 g/mol. The van der Waals surface area contributed by atoms with Crippen LogP contribution < -0.4 is 11.5 Å². The summed E-state index contributed by atoms with van der Waals surface area (Å²) in [7, 11) is 1.71. The van der Waals surface area contributed by atoms with E-state index in [4.69, 9.17) is 11.5 Å². The lowest BCUT2D eigenvalue weighted by Gasteiger charge is -2.18. The number of para-hydroxylation sites is 1. The van der Waals surface area contributed by atoms with Crippen LogP contribution in [0.1, 0.15) is 26.3 Å². The van der Waals surface area contributed by atoms with Gasteiger partial charge in [0.2, 0.25) is 5.91 Å². The van der Waals surface area contributed by atoms with Gasteiger partial charge in [-0.25, -0.2) is 0 Å². The Balaban J connectivity index is 2.10. The van der Waals surface area contributed by atoms with Crippen molar-refractivity contribution in [1.82, 2.24) is 4.90 Å². The van der Waals surface area contributed by atoms with Gasteiger partial charge in [0, 0.05) is 24.8 Å². The van der Waals surface area contributed by atoms with Gasteiger partial charge < -0.3 is 16.4 Å². The number of benzene rings is 2. The summed E-state index contributed by atoms with van der Waals surface area (Å²) in [6.07, 6.45) is 0. The molecule has 2 aromatic rings. The predicted molar refractivity (Wildman–Crippen MR) is 81.6 cm³/mol. The van der Waals surface area contributed by atoms with E-state index in [-0.39, 0.29) is 5.91 Å². The molecule has 2 amide bonds. The molecule has 0 fully saturated rings. The van der Waals surface area contributed by atoms with Crippen molar-refractivity contribution in [1.29, 1.82) is 0 Å². The van der Waals surface area contributed by atoms with Crippen LogP contribution in [0.15, 0.2) is 48.5 Å². The van der Waals surface area contributed by atoms with Gasteiger partial charge in [0.05, 0.1) is 5.56 Å². The van der Waals surface area contributed by atoms with Crippen molar-refractivity contribution in [2.75, 3.05) is 12.8 Å². The summed E-state index contributed by atoms with van der Waals surface area (Å²) in [6.45, 7) is 0.423. The Kier molecular flexibility index (Phi) is 4.23. The van der Waals surface area contributed by atoms with E-state index < -0.39 is 5.91 Å². The summed E-state index contributed by atoms with van der Waals surface area (Å²) >= 11 is 0. The highest BCUT2D eigenvalue weighted by Gasteiger charge is 2.14. The largest absolute Gasteiger partial charge is 0.398 e. The van der Waals surface area contributed by atoms with Crippen LogP contribution in [0.4, 0.5) is 5.69 Å². The van der Waals surface area contributed by atoms with Gasteiger partial charge in [0.15, 0.2) is 0 Å². The zero-order valence-corrected chi connectivity index (χ0v) is 11.7. The normalized spacial score (nSPS) is 10.1. The van der Waals surface area contributed by atoms with E-state index in [1.807, 2.05) is 0 Å². The number of rotatable bonds is 4. The summed E-state index contributed by atoms with van der Waals surface area (Å²) in [5.74, 6) is -0.616. The fourth-order valence-electron chi connectivity index (χ4n) is 2.02. The van der Waals surface area contributed by atoms with Crippen molar-refractivity contribution in [3.05, 3.63) is 65.2 Å². The van der Waals surface area contributed by atoms with Gasteiger partial charge in [-0.15, -0.1) is 0 Å². The smallest absolute Gasteiger partial charge is 0.255 e. The van der Waals surface area contributed by atoms with Crippen LogP contribution in [0.5, 0.6) is 0 Å². The molecule has 0 aliphatic carbocycles. The van der Waals surface area contributed by atoms with E-state index in [1.54, 1.807) is 60.5 Å². The van der Waals surface area contributed by atoms with Crippen LogP contribution in [0.3, 0.4) is 0 Å². The molecule has 0 aromatic heterocycles. The molecule has 2 rings (SSSR count). The summed E-state index contributed by atoms with van der Waals surface area (Å²) in [5, 5.41) is 0. The molecule has 0 bridgehead atoms. The van der Waals surface area contributed by atoms with Crippen LogP contribution in [0.25, 0.3) is 0 Å². The first-order valence-corrected chi connectivity index (χ1v) is 6.47. The molecule has 108 valence electrons. The first-order valence-electron chi connectivity index (χ1n) is 6.47. The Bertz CT molecular complexity index is 665. The minimum atomic E-state index is -0.469. The molecule has 2 aromatic carbocycles. The fraction of sp³-hybridized carbons (Fsp3) is 0.125. The second-order valence-electron chi connectivity index (χ2n) is 4.81. The maximum Gasteiger partial charge on any atom is 0.255 e. The molecule has 5 nitrogen and oxygen atoms in total. The van der Waals surface area contributed by atoms with Gasteiger partial charge in [-0.3, -0.25) is 9.59 Å². The molecular formula is C16H17N3O2. The molecule has 0 aliphatic rings. The molecule has 0 heterocycles. The molecule has 0 unspecified atom stereocenters. The van der Waals surface area contributed by atoms with E-state index >= 15 is 0 Å². The van der Waals surface area contributed by atoms with E-state index in [9.17, 15) is 9.59 Å². The minimum Gasteiger partial charge on any atom is -0.398 e. The lowest BCUT2D eigenvalue weighted by Crippen LogP contribution is -2.27. The summed E-state index contributed by atoms with van der Waals surface area (Å²) < 4.78 is 0. The van der Waals surface area contributed by atoms with Crippen LogP contribution in [0, 0.1) is 0 Å². The molecular weight excluding hydrogens is 266 g/mol. The number of nitrogens with two attached hydrogens (primary N) is 2. The van der Waals surface area contributed by atoms with Gasteiger partial charge in [0.25, 0.3) is 5.91 Å². The number of carbonyl (C=O) groups is 2. The molecule has 0 atom stereocenters. The van der Waals surface area contributed by atoms with Crippen molar-refractivity contribution >= 4 is 17.5 Å². The predicted octanol–water partition coefficient (Wildman–Crippen LogP) is 1.64. The molecule has 0 saturated heterocycles. The van der Waals surface area contributed by atoms with E-state index in [2.05, 4.69) is 0 Å². The molecule has 5 heteroatoms. The zero-order chi connectivity index (χ0) is 15.4. The first kappa shape index (κ1) is 14.6. The van der Waals surface area contributed by atoms with Gasteiger partial charge >= 0.3 is 0 Å². The molecule has 4 N–H and O–H groups in total. The Morgan fingerprint density at radius 3 is 2.24 bits per heavy atom. The minimum absolute atomic E-state index is 0.146. The van der Waals surface area contributed by atoms with Gasteiger partial charge in [-0.05, 0) is 29.8 Å². The number of hydrogen-bond donors (Lipinski definition) is 2. The maximum atomic E-state index is 12.3. The van der Waals surface area contributed by atoms with Crippen LogP contribution in [-0.2, 0) is 6.54 Å². The Morgan fingerprint density at radius 2 is 1.67 bits per heavy atom. The number of amides is 2. The standard InChI is InChI=1S/C16H17N3O2/c1-19(16(21)13-4-2-3-5-14(13)17)10-11-6-8-12(9-7-11)15(18)20/h2-9H,10,17H2,1H3,(H2,18,20). The van der Waals surface area contributed by atoms with Gasteiger partial charge in [-0.2, -0.15) is 0 Å². The van der Waals surface area contributed by atoms with Crippen LogP contribution in [0.2, 0.25) is 0 Å². The zero-order valence-electron chi connectivity index (χ0n) is 11.7. The van der Waals surface area contributed by atoms with Crippen LogP contribution in [-0.4, -0.2) is 23.8 Å². The van der Waals surface area contributed by atoms with E-state index in [0.717, 1.165) is 5.56 Å². The second-order valence-corrected chi connectivity index (χ2v) is 4.81. The molecule has 0 aliphatic heterocycles. The molecule has 0 spiro atoms. The third-order valence-corrected chi connectivity index (χ3v) is 3.20. The average molecular weight is 283 g/mol. The number of hydrogen-bond acceptors (Lipinski definition) is 3. The van der Waals surface area contributed by atoms with Crippen LogP contribution >= 0.6 is 0 Å². The fourth-order valence-corrected chi connectivity index (χ4v) is 2.02. The SMILES string of the molecule is CN(Cc1ccc(C(N)=O)cc1)C(=O)c1ccccc1N. The third kappa shape index (κ3) is 3.39. The first-order chi connectivity index (χ1) is 9.99. The van der Waals surface area contributed by atoms with Crippen molar-refractivity contribution < 1.29 is 9.59 Å². The second kappa shape index (κ2) is 6.09. The van der Waals surface area contributed by atoms with E-state index in [1.165, 1.54) is 0 Å². The summed E-state index contributed by atoms with van der Waals surface area (Å²) in [4.78, 5) is 24.9. The Labute approximate surface area is 123 Å². The highest BCUT2D eigenvalue weighted by molar-refractivity contribution is 5.98. The maximum absolute atomic E-state index is 12.3. The van der Waals surface area contributed by atoms with Gasteiger partial charge in [0.1, 0.15) is 0 Å². The molecule has 0 radical (unpaired) electrons. The lowest BCUT2D eigenvalue weighted by molar-refractivity contribution is 0.0785. The number of anilines is 1. The number of nitrogens with zero attached hydrogens (tertiary/aromatic N) is 1. The van der Waals surface area contributed by atoms with Crippen molar-refractivity contribution in [3.8, 4) is 0 Å². The van der Waals surface area contributed by atoms with Gasteiger partial charge in [-0.1, -0.05) is 24.3 Å². The lowest BCUT2D eigenvalue weighted by atomic mass is 10.1. The average Bonchev–Trinajstić information content (AvgIpc) is 2.47. The molecule has 0 saturated carbocycles. The number of nitrogen functional groups attached to an aromatic ring is 1. The number of carbonyl (C=O) groups excluding carboxylic acids is 2. The summed E-state index contributed by atoms with van der Waals surface area (Å²) in [6, 6.07) is 13.8. The quantitative estimate of drug-likeness (QED) is 0.836. The van der Waals surface area contributed by atoms with Crippen molar-refractivity contribution in [2.24, 2.45) is 5.73 Å². The van der Waals surface area contributed by atoms with Crippen molar-refractivity contribution in [3.63, 3.8) is 0 Å². The Hall–Kier alpha value is -2.82. The third-order valence-electron chi connectivity index (χ3n) is 3.20.